The van der Waals surface area contributed by atoms with Gasteiger partial charge in [-0.2, -0.15) is 0 Å². The number of anilines is 3. The van der Waals surface area contributed by atoms with Gasteiger partial charge in [-0.3, -0.25) is 0 Å². The maximum Gasteiger partial charge on any atom is 0.143 e. The van der Waals surface area contributed by atoms with Gasteiger partial charge in [0, 0.05) is 33.4 Å². The van der Waals surface area contributed by atoms with Crippen LogP contribution in [0.25, 0.3) is 76.5 Å². The molecule has 234 valence electrons. The Bertz CT molecular complexity index is 2850. The second-order valence-corrected chi connectivity index (χ2v) is 12.9. The molecule has 1 heterocycles. The van der Waals surface area contributed by atoms with Crippen LogP contribution in [-0.2, 0) is 0 Å². The number of fused-ring (bicyclic) bond motifs is 8. The summed E-state index contributed by atoms with van der Waals surface area (Å²) < 4.78 is 6.56. The molecule has 10 aromatic rings. The average molecular weight is 638 g/mol. The molecule has 0 aliphatic rings. The molecule has 0 amide bonds. The van der Waals surface area contributed by atoms with E-state index in [1.165, 1.54) is 49.0 Å². The van der Waals surface area contributed by atoms with Crippen molar-refractivity contribution in [3.05, 3.63) is 188 Å². The largest absolute Gasteiger partial charge is 0.455 e. The van der Waals surface area contributed by atoms with Crippen LogP contribution in [0.2, 0.25) is 0 Å². The van der Waals surface area contributed by atoms with Crippen molar-refractivity contribution in [3.8, 4) is 22.3 Å². The molecule has 50 heavy (non-hydrogen) atoms. The third-order valence-electron chi connectivity index (χ3n) is 10.0. The fourth-order valence-corrected chi connectivity index (χ4v) is 7.68. The lowest BCUT2D eigenvalue weighted by Gasteiger charge is -2.26. The van der Waals surface area contributed by atoms with Crippen LogP contribution in [0.5, 0.6) is 0 Å². The van der Waals surface area contributed by atoms with E-state index in [9.17, 15) is 0 Å². The zero-order chi connectivity index (χ0) is 33.0. The van der Waals surface area contributed by atoms with Crippen LogP contribution in [-0.4, -0.2) is 0 Å². The number of para-hydroxylation sites is 3. The summed E-state index contributed by atoms with van der Waals surface area (Å²) in [5.41, 5.74) is 9.86. The van der Waals surface area contributed by atoms with E-state index in [4.69, 9.17) is 4.42 Å². The molecule has 0 atom stereocenters. The standard InChI is InChI=1S/C48H31NO/c1-3-12-32(13-4-1)33-22-26-36(27-23-33)49(35-14-5-2-6-15-35)37-28-24-34-25-29-40-38-16-7-8-17-39(38)45(31-46(40)44(34)30-37)43-20-11-19-42-41-18-9-10-21-47(41)50-48(42)43/h1-31H. The van der Waals surface area contributed by atoms with E-state index >= 15 is 0 Å². The first-order valence-electron chi connectivity index (χ1n) is 17.1. The monoisotopic (exact) mass is 637 g/mol. The molecule has 0 aliphatic carbocycles. The van der Waals surface area contributed by atoms with Crippen molar-refractivity contribution < 1.29 is 4.42 Å². The highest BCUT2D eigenvalue weighted by Crippen LogP contribution is 2.44. The minimum atomic E-state index is 0.910. The first-order valence-corrected chi connectivity index (χ1v) is 17.1. The average Bonchev–Trinajstić information content (AvgIpc) is 3.58. The first-order chi connectivity index (χ1) is 24.8. The number of hydrogen-bond donors (Lipinski definition) is 0. The molecule has 0 saturated heterocycles. The van der Waals surface area contributed by atoms with Crippen LogP contribution < -0.4 is 4.90 Å². The van der Waals surface area contributed by atoms with Gasteiger partial charge >= 0.3 is 0 Å². The Labute approximate surface area is 290 Å². The zero-order valence-corrected chi connectivity index (χ0v) is 27.3. The highest BCUT2D eigenvalue weighted by atomic mass is 16.3. The van der Waals surface area contributed by atoms with Gasteiger partial charge in [-0.15, -0.1) is 0 Å². The summed E-state index contributed by atoms with van der Waals surface area (Å²) in [5, 5.41) is 9.61. The lowest BCUT2D eigenvalue weighted by molar-refractivity contribution is 0.670. The summed E-state index contributed by atoms with van der Waals surface area (Å²) in [4.78, 5) is 2.35. The molecule has 0 fully saturated rings. The number of rotatable bonds is 5. The first kappa shape index (κ1) is 28.4. The normalized spacial score (nSPS) is 11.6. The van der Waals surface area contributed by atoms with E-state index in [2.05, 4.69) is 187 Å². The molecule has 0 saturated carbocycles. The zero-order valence-electron chi connectivity index (χ0n) is 27.3. The molecule has 0 spiro atoms. The van der Waals surface area contributed by atoms with Crippen molar-refractivity contribution in [1.29, 1.82) is 0 Å². The van der Waals surface area contributed by atoms with E-state index in [-0.39, 0.29) is 0 Å². The Kier molecular flexibility index (Phi) is 6.53. The van der Waals surface area contributed by atoms with Crippen LogP contribution >= 0.6 is 0 Å². The van der Waals surface area contributed by atoms with E-state index < -0.39 is 0 Å². The van der Waals surface area contributed by atoms with Gasteiger partial charge in [0.25, 0.3) is 0 Å². The summed E-state index contributed by atoms with van der Waals surface area (Å²) in [6.07, 6.45) is 0. The van der Waals surface area contributed by atoms with E-state index in [1.807, 2.05) is 6.07 Å². The highest BCUT2D eigenvalue weighted by Gasteiger charge is 2.18. The van der Waals surface area contributed by atoms with Gasteiger partial charge < -0.3 is 9.32 Å². The molecular weight excluding hydrogens is 607 g/mol. The summed E-state index contributed by atoms with van der Waals surface area (Å²) in [5.74, 6) is 0. The van der Waals surface area contributed by atoms with Crippen LogP contribution in [0.15, 0.2) is 192 Å². The van der Waals surface area contributed by atoms with Crippen LogP contribution in [0.4, 0.5) is 17.1 Å². The third-order valence-corrected chi connectivity index (χ3v) is 10.0. The van der Waals surface area contributed by atoms with Crippen molar-refractivity contribution in [2.75, 3.05) is 4.90 Å². The molecule has 9 aromatic carbocycles. The lowest BCUT2D eigenvalue weighted by Crippen LogP contribution is -2.09. The molecule has 0 radical (unpaired) electrons. The van der Waals surface area contributed by atoms with Gasteiger partial charge in [-0.1, -0.05) is 140 Å². The topological polar surface area (TPSA) is 16.4 Å². The summed E-state index contributed by atoms with van der Waals surface area (Å²) in [6.45, 7) is 0. The molecule has 0 bridgehead atoms. The van der Waals surface area contributed by atoms with E-state index in [1.54, 1.807) is 0 Å². The van der Waals surface area contributed by atoms with Gasteiger partial charge in [0.1, 0.15) is 11.2 Å². The highest BCUT2D eigenvalue weighted by molar-refractivity contribution is 6.23. The van der Waals surface area contributed by atoms with Crippen molar-refractivity contribution in [2.24, 2.45) is 0 Å². The van der Waals surface area contributed by atoms with E-state index in [0.717, 1.165) is 44.6 Å². The molecular formula is C48H31NO. The van der Waals surface area contributed by atoms with Crippen LogP contribution in [0, 0.1) is 0 Å². The fraction of sp³-hybridized carbons (Fsp3) is 0. The predicted molar refractivity (Wildman–Crippen MR) is 212 cm³/mol. The number of furan rings is 1. The Balaban J connectivity index is 1.20. The maximum atomic E-state index is 6.56. The Hall–Kier alpha value is -6.64. The van der Waals surface area contributed by atoms with Gasteiger partial charge in [-0.25, -0.2) is 0 Å². The van der Waals surface area contributed by atoms with Crippen molar-refractivity contribution >= 4 is 71.3 Å². The minimum absolute atomic E-state index is 0.910. The molecule has 0 N–H and O–H groups in total. The van der Waals surface area contributed by atoms with Crippen molar-refractivity contribution in [1.82, 2.24) is 0 Å². The van der Waals surface area contributed by atoms with Crippen molar-refractivity contribution in [3.63, 3.8) is 0 Å². The van der Waals surface area contributed by atoms with Gasteiger partial charge in [0.05, 0.1) is 0 Å². The second kappa shape index (κ2) is 11.5. The SMILES string of the molecule is c1ccc(-c2ccc(N(c3ccccc3)c3ccc4ccc5c6ccccc6c(-c6cccc7c6oc6ccccc67)cc5c4c3)cc2)cc1. The maximum absolute atomic E-state index is 6.56. The number of nitrogens with zero attached hydrogens (tertiary/aromatic N) is 1. The molecule has 0 aliphatic heterocycles. The minimum Gasteiger partial charge on any atom is -0.455 e. The lowest BCUT2D eigenvalue weighted by atomic mass is 9.90. The Morgan fingerprint density at radius 1 is 0.320 bits per heavy atom. The molecule has 10 rings (SSSR count). The summed E-state index contributed by atoms with van der Waals surface area (Å²) >= 11 is 0. The predicted octanol–water partition coefficient (Wildman–Crippen LogP) is 13.8. The van der Waals surface area contributed by atoms with Gasteiger partial charge in [0.15, 0.2) is 0 Å². The van der Waals surface area contributed by atoms with Gasteiger partial charge in [0.2, 0.25) is 0 Å². The fourth-order valence-electron chi connectivity index (χ4n) is 7.68. The Morgan fingerprint density at radius 3 is 1.74 bits per heavy atom. The summed E-state index contributed by atoms with van der Waals surface area (Å²) in [7, 11) is 0. The van der Waals surface area contributed by atoms with Crippen LogP contribution in [0.3, 0.4) is 0 Å². The third kappa shape index (κ3) is 4.57. The summed E-state index contributed by atoms with van der Waals surface area (Å²) in [6, 6.07) is 67.5. The second-order valence-electron chi connectivity index (χ2n) is 12.9. The van der Waals surface area contributed by atoms with Crippen molar-refractivity contribution in [2.45, 2.75) is 0 Å². The molecule has 0 unspecified atom stereocenters. The molecule has 2 heteroatoms. The van der Waals surface area contributed by atoms with Gasteiger partial charge in [-0.05, 0) is 97.5 Å². The van der Waals surface area contributed by atoms with E-state index in [0.29, 0.717) is 0 Å². The molecule has 2 nitrogen and oxygen atoms in total. The smallest absolute Gasteiger partial charge is 0.143 e. The Morgan fingerprint density at radius 2 is 0.920 bits per heavy atom. The quantitative estimate of drug-likeness (QED) is 0.175. The molecule has 1 aromatic heterocycles. The number of hydrogen-bond acceptors (Lipinski definition) is 2. The number of benzene rings is 9. The van der Waals surface area contributed by atoms with Crippen LogP contribution in [0.1, 0.15) is 0 Å².